The first-order valence-corrected chi connectivity index (χ1v) is 6.18. The Hall–Kier alpha value is -1.02. The first-order chi connectivity index (χ1) is 7.33. The molecule has 0 aliphatic heterocycles. The van der Waals surface area contributed by atoms with E-state index >= 15 is 0 Å². The number of aromatic nitrogens is 6. The van der Waals surface area contributed by atoms with Crippen LogP contribution in [0.3, 0.4) is 0 Å². The summed E-state index contributed by atoms with van der Waals surface area (Å²) in [4.78, 5) is 4.27. The molecule has 1 saturated carbocycles. The molecule has 0 spiro atoms. The fourth-order valence-electron chi connectivity index (χ4n) is 1.20. The van der Waals surface area contributed by atoms with E-state index in [0.717, 1.165) is 15.3 Å². The van der Waals surface area contributed by atoms with Gasteiger partial charge in [-0.25, -0.2) is 9.67 Å². The van der Waals surface area contributed by atoms with E-state index in [9.17, 15) is 0 Å². The molecule has 1 aliphatic carbocycles. The van der Waals surface area contributed by atoms with Crippen molar-refractivity contribution in [1.82, 2.24) is 29.6 Å². The van der Waals surface area contributed by atoms with Gasteiger partial charge in [0.25, 0.3) is 0 Å². The summed E-state index contributed by atoms with van der Waals surface area (Å²) < 4.78 is 6.89. The van der Waals surface area contributed by atoms with Crippen molar-refractivity contribution in [3.63, 3.8) is 0 Å². The molecule has 2 heterocycles. The molecule has 0 bridgehead atoms. The van der Waals surface area contributed by atoms with Crippen molar-refractivity contribution in [3.8, 4) is 0 Å². The highest BCUT2D eigenvalue weighted by Gasteiger charge is 2.28. The van der Waals surface area contributed by atoms with E-state index in [1.54, 1.807) is 0 Å². The SMILES string of the molecule is Cc1nsc(Sc2nnnn2C2CC2)n1. The number of rotatable bonds is 3. The van der Waals surface area contributed by atoms with Gasteiger partial charge in [-0.2, -0.15) is 4.37 Å². The lowest BCUT2D eigenvalue weighted by atomic mass is 10.7. The van der Waals surface area contributed by atoms with E-state index < -0.39 is 0 Å². The average Bonchev–Trinajstić information content (AvgIpc) is 2.83. The highest BCUT2D eigenvalue weighted by Crippen LogP contribution is 2.38. The van der Waals surface area contributed by atoms with Gasteiger partial charge in [0, 0.05) is 0 Å². The zero-order valence-corrected chi connectivity index (χ0v) is 9.62. The van der Waals surface area contributed by atoms with E-state index in [-0.39, 0.29) is 0 Å². The van der Waals surface area contributed by atoms with Gasteiger partial charge in [-0.1, -0.05) is 0 Å². The Morgan fingerprint density at radius 3 is 3.00 bits per heavy atom. The third-order valence-corrected chi connectivity index (χ3v) is 3.84. The molecule has 2 aromatic rings. The van der Waals surface area contributed by atoms with Crippen LogP contribution in [0.4, 0.5) is 0 Å². The van der Waals surface area contributed by atoms with Gasteiger partial charge in [-0.3, -0.25) is 0 Å². The maximum Gasteiger partial charge on any atom is 0.216 e. The van der Waals surface area contributed by atoms with Gasteiger partial charge in [0.15, 0.2) is 4.34 Å². The largest absolute Gasteiger partial charge is 0.217 e. The first kappa shape index (κ1) is 9.22. The van der Waals surface area contributed by atoms with Crippen LogP contribution in [-0.2, 0) is 0 Å². The topological polar surface area (TPSA) is 69.4 Å². The predicted octanol–water partition coefficient (Wildman–Crippen LogP) is 1.32. The van der Waals surface area contributed by atoms with Crippen molar-refractivity contribution in [2.24, 2.45) is 0 Å². The number of hydrogen-bond donors (Lipinski definition) is 0. The number of tetrazole rings is 1. The molecule has 0 N–H and O–H groups in total. The lowest BCUT2D eigenvalue weighted by molar-refractivity contribution is 0.565. The fourth-order valence-corrected chi connectivity index (χ4v) is 2.80. The highest BCUT2D eigenvalue weighted by atomic mass is 32.2. The standard InChI is InChI=1S/C7H8N6S2/c1-4-8-7(15-10-4)14-6-9-11-12-13(6)5-2-3-5/h5H,2-3H2,1H3. The molecule has 0 atom stereocenters. The van der Waals surface area contributed by atoms with Crippen molar-refractivity contribution in [2.45, 2.75) is 35.3 Å². The van der Waals surface area contributed by atoms with Crippen LogP contribution >= 0.6 is 23.3 Å². The normalized spacial score (nSPS) is 15.8. The second-order valence-electron chi connectivity index (χ2n) is 3.35. The quantitative estimate of drug-likeness (QED) is 0.806. The third kappa shape index (κ3) is 1.86. The molecule has 1 aliphatic rings. The Labute approximate surface area is 94.3 Å². The molecule has 3 rings (SSSR count). The van der Waals surface area contributed by atoms with Crippen molar-refractivity contribution >= 4 is 23.3 Å². The van der Waals surface area contributed by atoms with E-state index in [1.807, 2.05) is 11.6 Å². The van der Waals surface area contributed by atoms with Crippen LogP contribution in [0, 0.1) is 6.92 Å². The van der Waals surface area contributed by atoms with Crippen molar-refractivity contribution in [1.29, 1.82) is 0 Å². The van der Waals surface area contributed by atoms with Gasteiger partial charge in [0.1, 0.15) is 5.82 Å². The third-order valence-electron chi connectivity index (χ3n) is 2.04. The Bertz CT molecular complexity index is 473. The van der Waals surface area contributed by atoms with E-state index in [4.69, 9.17) is 0 Å². The molecular weight excluding hydrogens is 232 g/mol. The van der Waals surface area contributed by atoms with Gasteiger partial charge < -0.3 is 0 Å². The maximum absolute atomic E-state index is 4.27. The smallest absolute Gasteiger partial charge is 0.216 e. The van der Waals surface area contributed by atoms with Crippen LogP contribution in [0.1, 0.15) is 24.7 Å². The summed E-state index contributed by atoms with van der Waals surface area (Å²) in [7, 11) is 0. The fraction of sp³-hybridized carbons (Fsp3) is 0.571. The second kappa shape index (κ2) is 3.53. The lowest BCUT2D eigenvalue weighted by Gasteiger charge is -1.97. The van der Waals surface area contributed by atoms with Crippen LogP contribution in [0.25, 0.3) is 0 Å². The minimum atomic E-state index is 0.497. The molecule has 0 amide bonds. The Balaban J connectivity index is 1.84. The van der Waals surface area contributed by atoms with E-state index in [0.29, 0.717) is 6.04 Å². The summed E-state index contributed by atoms with van der Waals surface area (Å²) in [5.41, 5.74) is 0. The minimum absolute atomic E-state index is 0.497. The Morgan fingerprint density at radius 2 is 2.33 bits per heavy atom. The number of aryl methyl sites for hydroxylation is 1. The van der Waals surface area contributed by atoms with Gasteiger partial charge in [0.05, 0.1) is 6.04 Å². The first-order valence-electron chi connectivity index (χ1n) is 4.59. The monoisotopic (exact) mass is 240 g/mol. The molecule has 78 valence electrons. The molecule has 8 heteroatoms. The predicted molar refractivity (Wildman–Crippen MR) is 54.9 cm³/mol. The van der Waals surface area contributed by atoms with Crippen LogP contribution in [0.5, 0.6) is 0 Å². The number of nitrogens with zero attached hydrogens (tertiary/aromatic N) is 6. The summed E-state index contributed by atoms with van der Waals surface area (Å²) in [6.07, 6.45) is 2.35. The van der Waals surface area contributed by atoms with Crippen molar-refractivity contribution in [3.05, 3.63) is 5.82 Å². The molecule has 1 fully saturated rings. The van der Waals surface area contributed by atoms with E-state index in [1.165, 1.54) is 36.1 Å². The van der Waals surface area contributed by atoms with Crippen LogP contribution < -0.4 is 0 Å². The lowest BCUT2D eigenvalue weighted by Crippen LogP contribution is -1.98. The Morgan fingerprint density at radius 1 is 1.47 bits per heavy atom. The Kier molecular flexibility index (Phi) is 2.17. The minimum Gasteiger partial charge on any atom is -0.217 e. The summed E-state index contributed by atoms with van der Waals surface area (Å²) in [6.45, 7) is 1.88. The zero-order chi connectivity index (χ0) is 10.3. The molecule has 0 radical (unpaired) electrons. The summed E-state index contributed by atoms with van der Waals surface area (Å²) in [5.74, 6) is 0.799. The average molecular weight is 240 g/mol. The summed E-state index contributed by atoms with van der Waals surface area (Å²) >= 11 is 2.86. The summed E-state index contributed by atoms with van der Waals surface area (Å²) in [5, 5.41) is 12.5. The van der Waals surface area contributed by atoms with Crippen LogP contribution in [0.15, 0.2) is 9.50 Å². The zero-order valence-electron chi connectivity index (χ0n) is 7.99. The van der Waals surface area contributed by atoms with Crippen LogP contribution in [-0.4, -0.2) is 29.6 Å². The highest BCUT2D eigenvalue weighted by molar-refractivity contribution is 8.00. The second-order valence-corrected chi connectivity index (χ2v) is 5.31. The van der Waals surface area contributed by atoms with Gasteiger partial charge in [-0.15, -0.1) is 5.10 Å². The van der Waals surface area contributed by atoms with Crippen molar-refractivity contribution in [2.75, 3.05) is 0 Å². The van der Waals surface area contributed by atoms with Crippen molar-refractivity contribution < 1.29 is 0 Å². The van der Waals surface area contributed by atoms with E-state index in [2.05, 4.69) is 24.9 Å². The van der Waals surface area contributed by atoms with Gasteiger partial charge in [0.2, 0.25) is 5.16 Å². The molecule has 15 heavy (non-hydrogen) atoms. The van der Waals surface area contributed by atoms with Gasteiger partial charge >= 0.3 is 0 Å². The summed E-state index contributed by atoms with van der Waals surface area (Å²) in [6, 6.07) is 0.497. The molecule has 0 unspecified atom stereocenters. The molecular formula is C7H8N6S2. The van der Waals surface area contributed by atoms with Gasteiger partial charge in [-0.05, 0) is 53.5 Å². The maximum atomic E-state index is 4.27. The molecule has 0 saturated heterocycles. The number of hydrogen-bond acceptors (Lipinski definition) is 7. The van der Waals surface area contributed by atoms with Crippen LogP contribution in [0.2, 0.25) is 0 Å². The molecule has 0 aromatic carbocycles. The molecule has 2 aromatic heterocycles. The molecule has 6 nitrogen and oxygen atoms in total.